The van der Waals surface area contributed by atoms with E-state index in [4.69, 9.17) is 5.73 Å². The predicted octanol–water partition coefficient (Wildman–Crippen LogP) is 1.46. The molecule has 1 atom stereocenters. The summed E-state index contributed by atoms with van der Waals surface area (Å²) in [7, 11) is 0. The molecule has 0 bridgehead atoms. The molecule has 0 aliphatic heterocycles. The number of rotatable bonds is 5. The van der Waals surface area contributed by atoms with Crippen molar-refractivity contribution in [2.24, 2.45) is 11.7 Å². The molecule has 4 nitrogen and oxygen atoms in total. The highest BCUT2D eigenvalue weighted by Crippen LogP contribution is 2.11. The van der Waals surface area contributed by atoms with Gasteiger partial charge in [-0.3, -0.25) is 4.79 Å². The lowest BCUT2D eigenvalue weighted by Crippen LogP contribution is -2.16. The number of carbonyl (C=O) groups excluding carboxylic acids is 1. The number of nitrogens with zero attached hydrogens (tertiary/aromatic N) is 1. The Kier molecular flexibility index (Phi) is 4.55. The zero-order chi connectivity index (χ0) is 10.4. The topological polar surface area (TPSA) is 68.0 Å². The fraction of sp³-hybridized carbons (Fsp3) is 0.556. The van der Waals surface area contributed by atoms with E-state index in [2.05, 4.69) is 10.3 Å². The molecule has 0 saturated heterocycles. The molecule has 5 heteroatoms. The van der Waals surface area contributed by atoms with Crippen LogP contribution in [0.3, 0.4) is 0 Å². The third-order valence-electron chi connectivity index (χ3n) is 1.95. The van der Waals surface area contributed by atoms with Crippen molar-refractivity contribution in [3.8, 4) is 0 Å². The molecule has 1 aromatic heterocycles. The molecule has 14 heavy (non-hydrogen) atoms. The second-order valence-electron chi connectivity index (χ2n) is 3.26. The Bertz CT molecular complexity index is 274. The van der Waals surface area contributed by atoms with Crippen LogP contribution < -0.4 is 11.1 Å². The van der Waals surface area contributed by atoms with Crippen molar-refractivity contribution in [3.05, 3.63) is 11.6 Å². The highest BCUT2D eigenvalue weighted by molar-refractivity contribution is 7.13. The van der Waals surface area contributed by atoms with E-state index >= 15 is 0 Å². The molecular weight excluding hydrogens is 198 g/mol. The minimum Gasteiger partial charge on any atom is -0.330 e. The third kappa shape index (κ3) is 3.85. The van der Waals surface area contributed by atoms with Gasteiger partial charge in [0, 0.05) is 18.0 Å². The number of nitrogens with two attached hydrogens (primary N) is 1. The van der Waals surface area contributed by atoms with Gasteiger partial charge in [0.1, 0.15) is 0 Å². The third-order valence-corrected chi connectivity index (χ3v) is 2.63. The molecule has 1 heterocycles. The lowest BCUT2D eigenvalue weighted by atomic mass is 10.1. The summed E-state index contributed by atoms with van der Waals surface area (Å²) in [5.41, 5.74) is 5.45. The molecule has 1 amide bonds. The molecule has 1 aromatic rings. The smallest absolute Gasteiger partial charge is 0.226 e. The molecule has 0 aliphatic carbocycles. The van der Waals surface area contributed by atoms with Crippen LogP contribution in [0, 0.1) is 5.92 Å². The molecule has 3 N–H and O–H groups in total. The number of carbonyl (C=O) groups is 1. The highest BCUT2D eigenvalue weighted by atomic mass is 32.1. The number of anilines is 1. The van der Waals surface area contributed by atoms with E-state index in [1.807, 2.05) is 12.3 Å². The van der Waals surface area contributed by atoms with Crippen molar-refractivity contribution in [3.63, 3.8) is 0 Å². The quantitative estimate of drug-likeness (QED) is 0.778. The van der Waals surface area contributed by atoms with Gasteiger partial charge in [0.15, 0.2) is 5.13 Å². The van der Waals surface area contributed by atoms with E-state index < -0.39 is 0 Å². The van der Waals surface area contributed by atoms with Crippen LogP contribution in [-0.2, 0) is 4.79 Å². The van der Waals surface area contributed by atoms with Gasteiger partial charge in [-0.2, -0.15) is 0 Å². The minimum absolute atomic E-state index is 0.0141. The number of hydrogen-bond donors (Lipinski definition) is 2. The average Bonchev–Trinajstić information content (AvgIpc) is 2.66. The van der Waals surface area contributed by atoms with Crippen molar-refractivity contribution in [2.45, 2.75) is 19.8 Å². The number of aromatic nitrogens is 1. The molecule has 0 spiro atoms. The molecular formula is C9H15N3OS. The Morgan fingerprint density at radius 3 is 3.14 bits per heavy atom. The van der Waals surface area contributed by atoms with Crippen molar-refractivity contribution in [1.82, 2.24) is 4.98 Å². The van der Waals surface area contributed by atoms with Gasteiger partial charge < -0.3 is 11.1 Å². The van der Waals surface area contributed by atoms with Crippen LogP contribution in [0.15, 0.2) is 11.6 Å². The van der Waals surface area contributed by atoms with Gasteiger partial charge in [-0.05, 0) is 18.9 Å². The number of amides is 1. The van der Waals surface area contributed by atoms with E-state index in [1.165, 1.54) is 11.3 Å². The van der Waals surface area contributed by atoms with Crippen LogP contribution in [0.4, 0.5) is 5.13 Å². The average molecular weight is 213 g/mol. The Morgan fingerprint density at radius 1 is 1.79 bits per heavy atom. The molecule has 1 unspecified atom stereocenters. The first-order valence-electron chi connectivity index (χ1n) is 4.61. The van der Waals surface area contributed by atoms with E-state index in [1.54, 1.807) is 6.20 Å². The molecule has 0 aromatic carbocycles. The summed E-state index contributed by atoms with van der Waals surface area (Å²) in [6.07, 6.45) is 3.01. The molecule has 78 valence electrons. The summed E-state index contributed by atoms with van der Waals surface area (Å²) in [6.45, 7) is 2.67. The van der Waals surface area contributed by atoms with Crippen LogP contribution in [0.25, 0.3) is 0 Å². The van der Waals surface area contributed by atoms with Crippen LogP contribution in [0.2, 0.25) is 0 Å². The van der Waals surface area contributed by atoms with E-state index in [9.17, 15) is 4.79 Å². The van der Waals surface area contributed by atoms with E-state index in [0.29, 0.717) is 24.0 Å². The summed E-state index contributed by atoms with van der Waals surface area (Å²) < 4.78 is 0. The molecule has 0 fully saturated rings. The van der Waals surface area contributed by atoms with Crippen LogP contribution in [0.1, 0.15) is 19.8 Å². The van der Waals surface area contributed by atoms with Gasteiger partial charge in [0.25, 0.3) is 0 Å². The first-order valence-corrected chi connectivity index (χ1v) is 5.49. The number of nitrogens with one attached hydrogen (secondary N) is 1. The largest absolute Gasteiger partial charge is 0.330 e. The SMILES string of the molecule is CC(CN)CCC(=O)Nc1nccs1. The fourth-order valence-corrected chi connectivity index (χ4v) is 1.51. The van der Waals surface area contributed by atoms with Crippen molar-refractivity contribution in [1.29, 1.82) is 0 Å². The second-order valence-corrected chi connectivity index (χ2v) is 4.16. The van der Waals surface area contributed by atoms with Crippen LogP contribution in [0.5, 0.6) is 0 Å². The van der Waals surface area contributed by atoms with Gasteiger partial charge in [0.2, 0.25) is 5.91 Å². The maximum Gasteiger partial charge on any atom is 0.226 e. The zero-order valence-corrected chi connectivity index (χ0v) is 9.01. The first kappa shape index (κ1) is 11.1. The molecule has 0 saturated carbocycles. The van der Waals surface area contributed by atoms with Crippen LogP contribution >= 0.6 is 11.3 Å². The lowest BCUT2D eigenvalue weighted by molar-refractivity contribution is -0.116. The van der Waals surface area contributed by atoms with Crippen molar-refractivity contribution < 1.29 is 4.79 Å². The second kappa shape index (κ2) is 5.72. The van der Waals surface area contributed by atoms with E-state index in [-0.39, 0.29) is 5.91 Å². The maximum atomic E-state index is 11.3. The summed E-state index contributed by atoms with van der Waals surface area (Å²) in [6, 6.07) is 0. The number of hydrogen-bond acceptors (Lipinski definition) is 4. The summed E-state index contributed by atoms with van der Waals surface area (Å²) >= 11 is 1.42. The first-order chi connectivity index (χ1) is 6.72. The normalized spacial score (nSPS) is 12.4. The summed E-state index contributed by atoms with van der Waals surface area (Å²) in [4.78, 5) is 15.3. The molecule has 0 radical (unpaired) electrons. The van der Waals surface area contributed by atoms with Crippen molar-refractivity contribution in [2.75, 3.05) is 11.9 Å². The van der Waals surface area contributed by atoms with Gasteiger partial charge in [0.05, 0.1) is 0 Å². The molecule has 0 aliphatic rings. The van der Waals surface area contributed by atoms with E-state index in [0.717, 1.165) is 6.42 Å². The van der Waals surface area contributed by atoms with Crippen LogP contribution in [-0.4, -0.2) is 17.4 Å². The fourth-order valence-electron chi connectivity index (χ4n) is 0.962. The highest BCUT2D eigenvalue weighted by Gasteiger charge is 2.06. The van der Waals surface area contributed by atoms with Gasteiger partial charge in [-0.25, -0.2) is 4.98 Å². The molecule has 1 rings (SSSR count). The van der Waals surface area contributed by atoms with Gasteiger partial charge in [-0.1, -0.05) is 6.92 Å². The summed E-state index contributed by atoms with van der Waals surface area (Å²) in [5.74, 6) is 0.414. The Labute approximate surface area is 87.5 Å². The number of thiazole rings is 1. The summed E-state index contributed by atoms with van der Waals surface area (Å²) in [5, 5.41) is 5.22. The Balaban J connectivity index is 2.23. The predicted molar refractivity (Wildman–Crippen MR) is 58.2 cm³/mol. The Morgan fingerprint density at radius 2 is 2.57 bits per heavy atom. The lowest BCUT2D eigenvalue weighted by Gasteiger charge is -2.06. The minimum atomic E-state index is 0.0141. The standard InChI is InChI=1S/C9H15N3OS/c1-7(6-10)2-3-8(13)12-9-11-4-5-14-9/h4-5,7H,2-3,6,10H2,1H3,(H,11,12,13). The van der Waals surface area contributed by atoms with Gasteiger partial charge >= 0.3 is 0 Å². The monoisotopic (exact) mass is 213 g/mol. The maximum absolute atomic E-state index is 11.3. The Hall–Kier alpha value is -0.940. The van der Waals surface area contributed by atoms with Gasteiger partial charge in [-0.15, -0.1) is 11.3 Å². The zero-order valence-electron chi connectivity index (χ0n) is 8.19. The van der Waals surface area contributed by atoms with Crippen molar-refractivity contribution >= 4 is 22.4 Å².